The lowest BCUT2D eigenvalue weighted by atomic mass is 10.1. The monoisotopic (exact) mass is 391 g/mol. The molecule has 1 amide bonds. The van der Waals surface area contributed by atoms with E-state index in [-0.39, 0.29) is 16.9 Å². The summed E-state index contributed by atoms with van der Waals surface area (Å²) in [6.07, 6.45) is 2.02. The molecule has 0 bridgehead atoms. The molecule has 1 heterocycles. The number of hydrogen-bond donors (Lipinski definition) is 1. The number of fused-ring (bicyclic) bond motifs is 1. The Labute approximate surface area is 167 Å². The summed E-state index contributed by atoms with van der Waals surface area (Å²) in [6.45, 7) is 3.97. The third kappa shape index (κ3) is 5.42. The Morgan fingerprint density at radius 1 is 1.07 bits per heavy atom. The summed E-state index contributed by atoms with van der Waals surface area (Å²) in [5, 5.41) is 3.29. The van der Waals surface area contributed by atoms with Crippen molar-refractivity contribution in [2.24, 2.45) is 0 Å². The Kier molecular flexibility index (Phi) is 6.24. The van der Waals surface area contributed by atoms with Crippen LogP contribution in [0.25, 0.3) is 11.0 Å². The Morgan fingerprint density at radius 3 is 2.55 bits per heavy atom. The molecule has 1 N–H and O–H groups in total. The summed E-state index contributed by atoms with van der Waals surface area (Å²) in [4.78, 5) is 36.3. The lowest BCUT2D eigenvalue weighted by Crippen LogP contribution is -2.29. The van der Waals surface area contributed by atoms with E-state index in [0.717, 1.165) is 11.1 Å². The fourth-order valence-electron chi connectivity index (χ4n) is 2.75. The smallest absolute Gasteiger partial charge is 0.349 e. The second-order valence-electron chi connectivity index (χ2n) is 6.78. The molecule has 0 aliphatic carbocycles. The molecule has 3 rings (SSSR count). The van der Waals surface area contributed by atoms with Crippen molar-refractivity contribution in [3.05, 3.63) is 87.8 Å². The maximum atomic E-state index is 12.4. The highest BCUT2D eigenvalue weighted by Crippen LogP contribution is 2.21. The Balaban J connectivity index is 1.72. The van der Waals surface area contributed by atoms with Gasteiger partial charge in [0.2, 0.25) is 0 Å². The van der Waals surface area contributed by atoms with Crippen LogP contribution >= 0.6 is 0 Å². The second-order valence-corrected chi connectivity index (χ2v) is 6.78. The Morgan fingerprint density at radius 2 is 1.83 bits per heavy atom. The van der Waals surface area contributed by atoms with Gasteiger partial charge in [-0.15, -0.1) is 0 Å². The number of esters is 1. The van der Waals surface area contributed by atoms with Crippen molar-refractivity contribution in [1.82, 2.24) is 5.32 Å². The fraction of sp³-hybridized carbons (Fsp3) is 0.174. The Hall–Kier alpha value is -3.67. The average Bonchev–Trinajstić information content (AvgIpc) is 2.67. The topological polar surface area (TPSA) is 85.6 Å². The molecule has 29 heavy (non-hydrogen) atoms. The van der Waals surface area contributed by atoms with Crippen molar-refractivity contribution in [3.8, 4) is 5.75 Å². The molecule has 0 radical (unpaired) electrons. The van der Waals surface area contributed by atoms with Gasteiger partial charge in [0.05, 0.1) is 0 Å². The van der Waals surface area contributed by atoms with Crippen molar-refractivity contribution in [3.63, 3.8) is 0 Å². The lowest BCUT2D eigenvalue weighted by molar-refractivity contribution is -0.129. The predicted octanol–water partition coefficient (Wildman–Crippen LogP) is 3.64. The number of benzene rings is 2. The van der Waals surface area contributed by atoms with Gasteiger partial charge in [-0.2, -0.15) is 0 Å². The molecule has 0 saturated carbocycles. The molecule has 0 fully saturated rings. The van der Waals surface area contributed by atoms with Crippen molar-refractivity contribution in [1.29, 1.82) is 0 Å². The van der Waals surface area contributed by atoms with Gasteiger partial charge in [-0.1, -0.05) is 35.9 Å². The molecule has 0 saturated heterocycles. The third-order valence-corrected chi connectivity index (χ3v) is 4.12. The van der Waals surface area contributed by atoms with Gasteiger partial charge >= 0.3 is 11.6 Å². The van der Waals surface area contributed by atoms with Crippen molar-refractivity contribution >= 4 is 22.8 Å². The molecular weight excluding hydrogens is 370 g/mol. The van der Waals surface area contributed by atoms with Crippen molar-refractivity contribution < 1.29 is 18.7 Å². The minimum Gasteiger partial charge on any atom is -0.423 e. The highest BCUT2D eigenvalue weighted by Gasteiger charge is 2.14. The van der Waals surface area contributed by atoms with Crippen LogP contribution in [0.2, 0.25) is 0 Å². The highest BCUT2D eigenvalue weighted by molar-refractivity contribution is 5.96. The van der Waals surface area contributed by atoms with Crippen LogP contribution in [0, 0.1) is 0 Å². The van der Waals surface area contributed by atoms with Crippen LogP contribution < -0.4 is 15.7 Å². The lowest BCUT2D eigenvalue weighted by Gasteiger charge is -2.06. The molecule has 3 aromatic rings. The first-order valence-corrected chi connectivity index (χ1v) is 9.19. The second kappa shape index (κ2) is 9.01. The fourth-order valence-corrected chi connectivity index (χ4v) is 2.75. The minimum atomic E-state index is -0.748. The van der Waals surface area contributed by atoms with Crippen LogP contribution in [0.15, 0.2) is 75.5 Å². The van der Waals surface area contributed by atoms with Gasteiger partial charge in [-0.3, -0.25) is 4.79 Å². The van der Waals surface area contributed by atoms with Gasteiger partial charge < -0.3 is 14.5 Å². The first kappa shape index (κ1) is 20.1. The molecule has 6 nitrogen and oxygen atoms in total. The molecule has 148 valence electrons. The number of ether oxygens (including phenoxy) is 1. The van der Waals surface area contributed by atoms with Crippen LogP contribution in [0.5, 0.6) is 5.75 Å². The summed E-state index contributed by atoms with van der Waals surface area (Å²) < 4.78 is 10.4. The first-order chi connectivity index (χ1) is 13.9. The van der Waals surface area contributed by atoms with Gasteiger partial charge in [0.25, 0.3) is 5.91 Å². The van der Waals surface area contributed by atoms with E-state index in [9.17, 15) is 14.4 Å². The van der Waals surface area contributed by atoms with E-state index in [0.29, 0.717) is 18.4 Å². The van der Waals surface area contributed by atoms with E-state index in [1.54, 1.807) is 26.0 Å². The van der Waals surface area contributed by atoms with E-state index >= 15 is 0 Å². The third-order valence-electron chi connectivity index (χ3n) is 4.12. The SMILES string of the molecule is CC(C)=CC(=O)Oc1ccc2cc(C(=O)NCCc3ccccc3)c(=O)oc2c1. The van der Waals surface area contributed by atoms with Crippen molar-refractivity contribution in [2.75, 3.05) is 6.54 Å². The zero-order valence-electron chi connectivity index (χ0n) is 16.2. The van der Waals surface area contributed by atoms with Gasteiger partial charge in [0.1, 0.15) is 16.9 Å². The quantitative estimate of drug-likeness (QED) is 0.300. The van der Waals surface area contributed by atoms with Crippen LogP contribution in [-0.4, -0.2) is 18.4 Å². The van der Waals surface area contributed by atoms with Gasteiger partial charge in [-0.25, -0.2) is 9.59 Å². The number of hydrogen-bond acceptors (Lipinski definition) is 5. The summed E-state index contributed by atoms with van der Waals surface area (Å²) >= 11 is 0. The van der Waals surface area contributed by atoms with Crippen LogP contribution in [0.4, 0.5) is 0 Å². The molecule has 0 aliphatic heterocycles. The van der Waals surface area contributed by atoms with Crippen molar-refractivity contribution in [2.45, 2.75) is 20.3 Å². The standard InChI is InChI=1S/C23H21NO5/c1-15(2)12-21(25)28-18-9-8-17-13-19(23(27)29-20(17)14-18)22(26)24-11-10-16-6-4-3-5-7-16/h3-9,12-14H,10-11H2,1-2H3,(H,24,26). The number of allylic oxidation sites excluding steroid dienone is 1. The molecule has 1 aromatic heterocycles. The van der Waals surface area contributed by atoms with Crippen LogP contribution in [-0.2, 0) is 11.2 Å². The Bertz CT molecular complexity index is 1120. The number of rotatable bonds is 6. The van der Waals surface area contributed by atoms with E-state index in [1.807, 2.05) is 30.3 Å². The highest BCUT2D eigenvalue weighted by atomic mass is 16.5. The van der Waals surface area contributed by atoms with E-state index < -0.39 is 17.5 Å². The molecule has 6 heteroatoms. The number of nitrogens with one attached hydrogen (secondary N) is 1. The van der Waals surface area contributed by atoms with Gasteiger partial charge in [-0.05, 0) is 44.0 Å². The molecule has 0 atom stereocenters. The van der Waals surface area contributed by atoms with Gasteiger partial charge in [0, 0.05) is 24.1 Å². The molecule has 0 unspecified atom stereocenters. The maximum absolute atomic E-state index is 12.4. The van der Waals surface area contributed by atoms with E-state index in [2.05, 4.69) is 5.32 Å². The number of carbonyl (C=O) groups excluding carboxylic acids is 2. The summed E-state index contributed by atoms with van der Waals surface area (Å²) in [5.41, 5.74) is 1.32. The van der Waals surface area contributed by atoms with E-state index in [4.69, 9.17) is 9.15 Å². The first-order valence-electron chi connectivity index (χ1n) is 9.19. The maximum Gasteiger partial charge on any atom is 0.349 e. The van der Waals surface area contributed by atoms with Crippen LogP contribution in [0.1, 0.15) is 29.8 Å². The molecule has 2 aromatic carbocycles. The summed E-state index contributed by atoms with van der Waals surface area (Å²) in [6, 6.07) is 15.9. The summed E-state index contributed by atoms with van der Waals surface area (Å²) in [7, 11) is 0. The normalized spacial score (nSPS) is 10.4. The predicted molar refractivity (Wildman–Crippen MR) is 110 cm³/mol. The van der Waals surface area contributed by atoms with Gasteiger partial charge in [0.15, 0.2) is 0 Å². The van der Waals surface area contributed by atoms with E-state index in [1.165, 1.54) is 18.2 Å². The minimum absolute atomic E-state index is 0.0696. The zero-order valence-corrected chi connectivity index (χ0v) is 16.2. The number of amides is 1. The average molecular weight is 391 g/mol. The zero-order chi connectivity index (χ0) is 20.8. The molecule has 0 aliphatic rings. The summed E-state index contributed by atoms with van der Waals surface area (Å²) in [5.74, 6) is -0.750. The number of carbonyl (C=O) groups is 2. The largest absolute Gasteiger partial charge is 0.423 e. The van der Waals surface area contributed by atoms with Crippen LogP contribution in [0.3, 0.4) is 0 Å². The molecular formula is C23H21NO5. The molecule has 0 spiro atoms.